The zero-order valence-electron chi connectivity index (χ0n) is 19.9. The number of aromatic nitrogens is 1. The number of alkyl halides is 3. The molecule has 0 fully saturated rings. The molecule has 3 aromatic rings. The number of benzene rings is 2. The summed E-state index contributed by atoms with van der Waals surface area (Å²) in [5, 5.41) is 1.28. The summed E-state index contributed by atoms with van der Waals surface area (Å²) in [6, 6.07) is 18.2. The van der Waals surface area contributed by atoms with E-state index in [-0.39, 0.29) is 5.56 Å². The van der Waals surface area contributed by atoms with Gasteiger partial charge in [0.25, 0.3) is 0 Å². The summed E-state index contributed by atoms with van der Waals surface area (Å²) in [4.78, 5) is 4.63. The predicted octanol–water partition coefficient (Wildman–Crippen LogP) is 7.09. The Hall–Kier alpha value is -2.40. The minimum Gasteiger partial charge on any atom is -0.256 e. The van der Waals surface area contributed by atoms with E-state index in [2.05, 4.69) is 30.7 Å². The highest BCUT2D eigenvalue weighted by Gasteiger charge is 2.46. The highest BCUT2D eigenvalue weighted by molar-refractivity contribution is 6.88. The largest absolute Gasteiger partial charge is 0.394 e. The first-order valence-corrected chi connectivity index (χ1v) is 13.4. The summed E-state index contributed by atoms with van der Waals surface area (Å²) in [5.41, 5.74) is 0.977. The highest BCUT2D eigenvalue weighted by Crippen LogP contribution is 2.40. The van der Waals surface area contributed by atoms with Crippen molar-refractivity contribution in [2.75, 3.05) is 0 Å². The molecule has 5 heteroatoms. The minimum atomic E-state index is -4.67. The molecule has 0 saturated heterocycles. The Morgan fingerprint density at radius 2 is 1.50 bits per heavy atom. The number of rotatable bonds is 5. The van der Waals surface area contributed by atoms with E-state index in [1.165, 1.54) is 17.3 Å². The summed E-state index contributed by atoms with van der Waals surface area (Å²) in [6.07, 6.45) is -5.29. The smallest absolute Gasteiger partial charge is 0.256 e. The van der Waals surface area contributed by atoms with Gasteiger partial charge in [-0.1, -0.05) is 82.0 Å². The Balaban J connectivity index is 1.91. The second kappa shape index (κ2) is 8.03. The summed E-state index contributed by atoms with van der Waals surface area (Å²) in [7, 11) is -1.43. The van der Waals surface area contributed by atoms with E-state index in [1.54, 1.807) is 12.1 Å². The van der Waals surface area contributed by atoms with E-state index in [9.17, 15) is 13.2 Å². The fraction of sp³-hybridized carbons (Fsp3) is 0.320. The van der Waals surface area contributed by atoms with Crippen LogP contribution in [-0.4, -0.2) is 19.2 Å². The third-order valence-electron chi connectivity index (χ3n) is 5.17. The molecular formula is C25H28F3NSi. The second-order valence-corrected chi connectivity index (χ2v) is 14.2. The Bertz CT molecular complexity index is 1080. The van der Waals surface area contributed by atoms with Gasteiger partial charge in [0.2, 0.25) is 0 Å². The first kappa shape index (κ1) is 19.6. The molecule has 0 N–H and O–H groups in total. The molecule has 0 saturated carbocycles. The number of hydrogen-bond donors (Lipinski definition) is 0. The minimum absolute atomic E-state index is 0.00309. The van der Waals surface area contributed by atoms with Gasteiger partial charge in [-0.05, 0) is 40.4 Å². The van der Waals surface area contributed by atoms with Gasteiger partial charge in [-0.15, -0.1) is 0 Å². The number of nitrogens with zero attached hydrogens (tertiary/aromatic N) is 1. The van der Waals surface area contributed by atoms with Crippen molar-refractivity contribution in [1.29, 1.82) is 0 Å². The van der Waals surface area contributed by atoms with Crippen molar-refractivity contribution < 1.29 is 15.9 Å². The van der Waals surface area contributed by atoms with E-state index in [1.807, 2.05) is 36.5 Å². The molecule has 30 heavy (non-hydrogen) atoms. The average Bonchev–Trinajstić information content (AvgIpc) is 2.72. The van der Waals surface area contributed by atoms with Gasteiger partial charge in [0.05, 0.1) is 19.2 Å². The lowest BCUT2D eigenvalue weighted by Crippen LogP contribution is -2.37. The van der Waals surface area contributed by atoms with Crippen LogP contribution >= 0.6 is 0 Å². The third-order valence-corrected chi connectivity index (χ3v) is 7.20. The number of pyridine rings is 1. The third kappa shape index (κ3) is 5.01. The maximum Gasteiger partial charge on any atom is 0.394 e. The van der Waals surface area contributed by atoms with Crippen LogP contribution in [0.3, 0.4) is 0 Å². The van der Waals surface area contributed by atoms with Crippen LogP contribution < -0.4 is 5.19 Å². The van der Waals surface area contributed by atoms with Crippen LogP contribution in [-0.2, 0) is 6.37 Å². The Morgan fingerprint density at radius 1 is 0.867 bits per heavy atom. The fourth-order valence-electron chi connectivity index (χ4n) is 3.04. The van der Waals surface area contributed by atoms with Crippen LogP contribution in [0.15, 0.2) is 66.9 Å². The molecule has 3 rings (SSSR count). The molecule has 0 aliphatic rings. The van der Waals surface area contributed by atoms with Crippen LogP contribution in [0, 0.1) is 5.41 Å². The van der Waals surface area contributed by atoms with Crippen molar-refractivity contribution in [1.82, 2.24) is 4.98 Å². The van der Waals surface area contributed by atoms with E-state index in [0.717, 1.165) is 36.2 Å². The van der Waals surface area contributed by atoms with Crippen LogP contribution in [0.5, 0.6) is 0 Å². The van der Waals surface area contributed by atoms with Crippen molar-refractivity contribution in [3.05, 3.63) is 72.4 Å². The van der Waals surface area contributed by atoms with Crippen molar-refractivity contribution in [2.45, 2.75) is 46.0 Å². The van der Waals surface area contributed by atoms with Gasteiger partial charge in [0.15, 0.2) is 0 Å². The summed E-state index contributed by atoms with van der Waals surface area (Å²) in [5.74, 6) is 0. The molecule has 1 heterocycles. The molecule has 0 spiro atoms. The van der Waals surface area contributed by atoms with Gasteiger partial charge < -0.3 is 0 Å². The van der Waals surface area contributed by atoms with Gasteiger partial charge in [-0.3, -0.25) is 4.98 Å². The molecular weight excluding hydrogens is 399 g/mol. The van der Waals surface area contributed by atoms with E-state index in [0.29, 0.717) is 0 Å². The Kier molecular flexibility index (Phi) is 5.23. The molecule has 0 radical (unpaired) electrons. The number of halogens is 3. The Labute approximate surface area is 180 Å². The summed E-state index contributed by atoms with van der Waals surface area (Å²) >= 11 is 0. The lowest BCUT2D eigenvalue weighted by molar-refractivity contribution is -0.211. The zero-order valence-corrected chi connectivity index (χ0v) is 18.9. The van der Waals surface area contributed by atoms with Gasteiger partial charge in [-0.2, -0.15) is 13.2 Å². The molecule has 0 atom stereocenters. The van der Waals surface area contributed by atoms with E-state index < -0.39 is 26.0 Å². The maximum atomic E-state index is 13.4. The normalized spacial score (nSPS) is 14.3. The lowest BCUT2D eigenvalue weighted by atomic mass is 9.84. The standard InChI is InChI=1S/C25H28F3NSi/c1-24(2,25(26,27)28)16-18-9-11-19(12-10-18)20-7-6-8-21(15-20)23-14-13-22(17-29-23)30(3,4)5/h6-15,17H,16H2,1-5H3/i16D2. The Morgan fingerprint density at radius 3 is 2.03 bits per heavy atom. The zero-order chi connectivity index (χ0) is 23.9. The molecule has 1 nitrogen and oxygen atoms in total. The topological polar surface area (TPSA) is 12.9 Å². The van der Waals surface area contributed by atoms with Gasteiger partial charge in [-0.25, -0.2) is 0 Å². The molecule has 1 aromatic heterocycles. The van der Waals surface area contributed by atoms with Gasteiger partial charge in [0.1, 0.15) is 0 Å². The van der Waals surface area contributed by atoms with Crippen molar-refractivity contribution >= 4 is 13.3 Å². The molecule has 0 aliphatic heterocycles. The monoisotopic (exact) mass is 429 g/mol. The van der Waals surface area contributed by atoms with Crippen LogP contribution in [0.4, 0.5) is 13.2 Å². The van der Waals surface area contributed by atoms with Crippen molar-refractivity contribution in [3.63, 3.8) is 0 Å². The second-order valence-electron chi connectivity index (χ2n) is 9.09. The van der Waals surface area contributed by atoms with E-state index >= 15 is 0 Å². The van der Waals surface area contributed by atoms with Gasteiger partial charge >= 0.3 is 6.18 Å². The highest BCUT2D eigenvalue weighted by atomic mass is 28.3. The van der Waals surface area contributed by atoms with Crippen LogP contribution in [0.25, 0.3) is 22.4 Å². The lowest BCUT2D eigenvalue weighted by Gasteiger charge is -2.27. The first-order valence-electron chi connectivity index (χ1n) is 10.9. The fourth-order valence-corrected chi connectivity index (χ4v) is 4.08. The van der Waals surface area contributed by atoms with Crippen molar-refractivity contribution in [2.24, 2.45) is 5.41 Å². The maximum absolute atomic E-state index is 13.4. The first-order chi connectivity index (χ1) is 14.6. The summed E-state index contributed by atoms with van der Waals surface area (Å²) in [6.45, 7) is 8.60. The quantitative estimate of drug-likeness (QED) is 0.395. The molecule has 0 aliphatic carbocycles. The summed E-state index contributed by atoms with van der Waals surface area (Å²) < 4.78 is 56.5. The van der Waals surface area contributed by atoms with Gasteiger partial charge in [0, 0.05) is 14.5 Å². The van der Waals surface area contributed by atoms with E-state index in [4.69, 9.17) is 2.74 Å². The predicted molar refractivity (Wildman–Crippen MR) is 122 cm³/mol. The molecule has 0 amide bonds. The SMILES string of the molecule is [2H]C([2H])(c1ccc(-c2cccc(-c3ccc([Si](C)(C)C)cn3)c2)cc1)C(C)(C)C(F)(F)F. The average molecular weight is 430 g/mol. The molecule has 158 valence electrons. The number of hydrogen-bond acceptors (Lipinski definition) is 1. The molecule has 0 bridgehead atoms. The van der Waals surface area contributed by atoms with Crippen LogP contribution in [0.1, 0.15) is 22.2 Å². The van der Waals surface area contributed by atoms with Crippen molar-refractivity contribution in [3.8, 4) is 22.4 Å². The molecule has 2 aromatic carbocycles. The molecule has 0 unspecified atom stereocenters. The van der Waals surface area contributed by atoms with Crippen LogP contribution in [0.2, 0.25) is 19.6 Å².